The second-order valence-electron chi connectivity index (χ2n) is 8.97. The Bertz CT molecular complexity index is 1190. The van der Waals surface area contributed by atoms with Crippen LogP contribution in [0.4, 0.5) is 0 Å². The molecule has 1 unspecified atom stereocenters. The van der Waals surface area contributed by atoms with Crippen LogP contribution in [0.15, 0.2) is 54.6 Å². The Balaban J connectivity index is 1.34. The summed E-state index contributed by atoms with van der Waals surface area (Å²) in [5.41, 5.74) is 3.46. The molecule has 0 bridgehead atoms. The summed E-state index contributed by atoms with van der Waals surface area (Å²) in [6.07, 6.45) is 0. The van der Waals surface area contributed by atoms with Gasteiger partial charge in [-0.1, -0.05) is 25.1 Å². The first kappa shape index (κ1) is 25.6. The molecule has 0 spiro atoms. The summed E-state index contributed by atoms with van der Waals surface area (Å²) in [6, 6.07) is 16.6. The summed E-state index contributed by atoms with van der Waals surface area (Å²) in [4.78, 5) is 34.2. The van der Waals surface area contributed by atoms with Crippen molar-refractivity contribution in [3.63, 3.8) is 0 Å². The fraction of sp³-hybridized carbons (Fsp3) is 0.393. The number of carbonyl (C=O) groups excluding carboxylic acids is 2. The van der Waals surface area contributed by atoms with Gasteiger partial charge in [0.1, 0.15) is 18.4 Å². The first-order valence-corrected chi connectivity index (χ1v) is 12.4. The van der Waals surface area contributed by atoms with E-state index in [2.05, 4.69) is 27.0 Å². The summed E-state index contributed by atoms with van der Waals surface area (Å²) in [6.45, 7) is 9.02. The summed E-state index contributed by atoms with van der Waals surface area (Å²) in [5.74, 6) is 0.104. The van der Waals surface area contributed by atoms with E-state index in [9.17, 15) is 9.59 Å². The number of likely N-dealkylation sites (N-methyl/N-ethyl adjacent to an activating group) is 1. The topological polar surface area (TPSA) is 84.0 Å². The average molecular weight is 491 g/mol. The molecule has 8 nitrogen and oxygen atoms in total. The molecule has 4 rings (SSSR count). The van der Waals surface area contributed by atoms with E-state index < -0.39 is 6.04 Å². The molecule has 1 aliphatic heterocycles. The SMILES string of the molecule is CCN1CCN(C(CNC(=O)c2ccc(OCc3cc(C)nc4ccccc34)cc2)C(=O)OC)CC1. The molecule has 2 heterocycles. The Kier molecular flexibility index (Phi) is 8.51. The lowest BCUT2D eigenvalue weighted by atomic mass is 10.1. The highest BCUT2D eigenvalue weighted by molar-refractivity contribution is 5.94. The van der Waals surface area contributed by atoms with Crippen molar-refractivity contribution in [2.24, 2.45) is 0 Å². The molecule has 1 saturated heterocycles. The van der Waals surface area contributed by atoms with E-state index in [4.69, 9.17) is 9.47 Å². The minimum atomic E-state index is -0.501. The molecule has 8 heteroatoms. The lowest BCUT2D eigenvalue weighted by Crippen LogP contribution is -2.56. The second kappa shape index (κ2) is 12.0. The number of ether oxygens (including phenoxy) is 2. The molecule has 36 heavy (non-hydrogen) atoms. The van der Waals surface area contributed by atoms with E-state index in [1.54, 1.807) is 24.3 Å². The number of amides is 1. The molecule has 1 atom stereocenters. The number of aryl methyl sites for hydroxylation is 1. The first-order valence-electron chi connectivity index (χ1n) is 12.4. The molecule has 0 radical (unpaired) electrons. The molecule has 0 aliphatic carbocycles. The van der Waals surface area contributed by atoms with Crippen LogP contribution >= 0.6 is 0 Å². The second-order valence-corrected chi connectivity index (χ2v) is 8.97. The zero-order valence-corrected chi connectivity index (χ0v) is 21.2. The smallest absolute Gasteiger partial charge is 0.324 e. The number of aromatic nitrogens is 1. The highest BCUT2D eigenvalue weighted by atomic mass is 16.5. The van der Waals surface area contributed by atoms with Gasteiger partial charge in [-0.3, -0.25) is 19.5 Å². The Morgan fingerprint density at radius 3 is 2.47 bits per heavy atom. The minimum Gasteiger partial charge on any atom is -0.489 e. The molecular formula is C28H34N4O4. The van der Waals surface area contributed by atoms with E-state index in [0.29, 0.717) is 17.9 Å². The zero-order valence-electron chi connectivity index (χ0n) is 21.2. The number of methoxy groups -OCH3 is 1. The van der Waals surface area contributed by atoms with Crippen molar-refractivity contribution in [1.29, 1.82) is 0 Å². The first-order chi connectivity index (χ1) is 17.5. The fourth-order valence-electron chi connectivity index (χ4n) is 4.56. The number of esters is 1. The molecule has 2 aromatic carbocycles. The number of fused-ring (bicyclic) bond motifs is 1. The summed E-state index contributed by atoms with van der Waals surface area (Å²) in [5, 5.41) is 3.96. The predicted molar refractivity (Wildman–Crippen MR) is 139 cm³/mol. The van der Waals surface area contributed by atoms with Crippen molar-refractivity contribution in [3.05, 3.63) is 71.4 Å². The molecule has 1 aromatic heterocycles. The highest BCUT2D eigenvalue weighted by Gasteiger charge is 2.30. The number of para-hydroxylation sites is 1. The maximum absolute atomic E-state index is 12.8. The largest absolute Gasteiger partial charge is 0.489 e. The van der Waals surface area contributed by atoms with Crippen LogP contribution in [0.5, 0.6) is 5.75 Å². The van der Waals surface area contributed by atoms with Gasteiger partial charge >= 0.3 is 5.97 Å². The number of nitrogens with zero attached hydrogens (tertiary/aromatic N) is 3. The van der Waals surface area contributed by atoms with E-state index in [1.807, 2.05) is 37.3 Å². The maximum atomic E-state index is 12.8. The van der Waals surface area contributed by atoms with E-state index in [0.717, 1.165) is 54.9 Å². The van der Waals surface area contributed by atoms with Crippen LogP contribution in [-0.4, -0.2) is 79.1 Å². The summed E-state index contributed by atoms with van der Waals surface area (Å²) < 4.78 is 11.0. The van der Waals surface area contributed by atoms with Crippen molar-refractivity contribution >= 4 is 22.8 Å². The molecule has 1 aliphatic rings. The van der Waals surface area contributed by atoms with Crippen LogP contribution in [-0.2, 0) is 16.1 Å². The Morgan fingerprint density at radius 1 is 1.06 bits per heavy atom. The van der Waals surface area contributed by atoms with E-state index in [-0.39, 0.29) is 18.4 Å². The molecule has 3 aromatic rings. The molecule has 0 saturated carbocycles. The van der Waals surface area contributed by atoms with Crippen LogP contribution in [0.3, 0.4) is 0 Å². The van der Waals surface area contributed by atoms with Gasteiger partial charge in [-0.05, 0) is 49.9 Å². The number of benzene rings is 2. The van der Waals surface area contributed by atoms with Gasteiger partial charge in [0.2, 0.25) is 0 Å². The van der Waals surface area contributed by atoms with Crippen molar-refractivity contribution in [2.75, 3.05) is 46.4 Å². The molecule has 1 N–H and O–H groups in total. The Morgan fingerprint density at radius 2 is 1.78 bits per heavy atom. The van der Waals surface area contributed by atoms with Gasteiger partial charge in [0.15, 0.2) is 0 Å². The normalized spacial score (nSPS) is 15.4. The standard InChI is InChI=1S/C28H34N4O4/c1-4-31-13-15-32(16-14-31)26(28(34)35-3)18-29-27(33)21-9-11-23(12-10-21)36-19-22-17-20(2)30-25-8-6-5-7-24(22)25/h5-12,17,26H,4,13-16,18-19H2,1-3H3,(H,29,33). The number of rotatable bonds is 9. The van der Waals surface area contributed by atoms with Gasteiger partial charge in [0, 0.05) is 54.9 Å². The minimum absolute atomic E-state index is 0.199. The third kappa shape index (κ3) is 6.19. The number of carbonyl (C=O) groups is 2. The van der Waals surface area contributed by atoms with Gasteiger partial charge in [-0.2, -0.15) is 0 Å². The Labute approximate surface area is 212 Å². The Hall–Kier alpha value is -3.49. The average Bonchev–Trinajstić information content (AvgIpc) is 2.92. The maximum Gasteiger partial charge on any atom is 0.324 e. The fourth-order valence-corrected chi connectivity index (χ4v) is 4.56. The third-order valence-electron chi connectivity index (χ3n) is 6.66. The van der Waals surface area contributed by atoms with Gasteiger partial charge in [0.05, 0.1) is 12.6 Å². The molecule has 1 fully saturated rings. The third-order valence-corrected chi connectivity index (χ3v) is 6.66. The molecule has 1 amide bonds. The van der Waals surface area contributed by atoms with Gasteiger partial charge in [-0.15, -0.1) is 0 Å². The monoisotopic (exact) mass is 490 g/mol. The number of piperazine rings is 1. The van der Waals surface area contributed by atoms with Crippen LogP contribution in [0.1, 0.15) is 28.5 Å². The number of hydrogen-bond donors (Lipinski definition) is 1. The summed E-state index contributed by atoms with van der Waals surface area (Å²) >= 11 is 0. The van der Waals surface area contributed by atoms with Crippen LogP contribution < -0.4 is 10.1 Å². The zero-order chi connectivity index (χ0) is 25.5. The summed E-state index contributed by atoms with van der Waals surface area (Å²) in [7, 11) is 1.38. The highest BCUT2D eigenvalue weighted by Crippen LogP contribution is 2.21. The van der Waals surface area contributed by atoms with Gasteiger partial charge in [0.25, 0.3) is 5.91 Å². The van der Waals surface area contributed by atoms with E-state index in [1.165, 1.54) is 7.11 Å². The number of pyridine rings is 1. The van der Waals surface area contributed by atoms with Crippen LogP contribution in [0, 0.1) is 6.92 Å². The van der Waals surface area contributed by atoms with Crippen molar-refractivity contribution in [1.82, 2.24) is 20.1 Å². The van der Waals surface area contributed by atoms with Crippen LogP contribution in [0.2, 0.25) is 0 Å². The number of hydrogen-bond acceptors (Lipinski definition) is 7. The predicted octanol–water partition coefficient (Wildman–Crippen LogP) is 3.03. The lowest BCUT2D eigenvalue weighted by Gasteiger charge is -2.37. The number of nitrogens with one attached hydrogen (secondary N) is 1. The molecule has 190 valence electrons. The van der Waals surface area contributed by atoms with Gasteiger partial charge < -0.3 is 19.7 Å². The molecular weight excluding hydrogens is 456 g/mol. The lowest BCUT2D eigenvalue weighted by molar-refractivity contribution is -0.147. The van der Waals surface area contributed by atoms with Crippen LogP contribution in [0.25, 0.3) is 10.9 Å². The van der Waals surface area contributed by atoms with E-state index >= 15 is 0 Å². The van der Waals surface area contributed by atoms with Crippen molar-refractivity contribution in [3.8, 4) is 5.75 Å². The van der Waals surface area contributed by atoms with Crippen molar-refractivity contribution < 1.29 is 19.1 Å². The van der Waals surface area contributed by atoms with Crippen molar-refractivity contribution in [2.45, 2.75) is 26.5 Å². The quantitative estimate of drug-likeness (QED) is 0.462. The van der Waals surface area contributed by atoms with Gasteiger partial charge in [-0.25, -0.2) is 0 Å².